The Balaban J connectivity index is 1.71. The van der Waals surface area contributed by atoms with Crippen molar-refractivity contribution >= 4 is 22.8 Å². The number of pyridine rings is 1. The molecule has 3 aromatic rings. The van der Waals surface area contributed by atoms with Gasteiger partial charge in [-0.15, -0.1) is 0 Å². The van der Waals surface area contributed by atoms with Crippen molar-refractivity contribution in [2.24, 2.45) is 0 Å². The number of rotatable bonds is 3. The Morgan fingerprint density at radius 1 is 1.17 bits per heavy atom. The molecule has 3 rings (SSSR count). The number of imidazole rings is 1. The molecule has 9 heteroatoms. The lowest BCUT2D eigenvalue weighted by atomic mass is 10.3. The van der Waals surface area contributed by atoms with Crippen molar-refractivity contribution in [2.75, 3.05) is 11.9 Å². The molecular weight excluding hydrogens is 325 g/mol. The molecule has 0 unspecified atom stereocenters. The monoisotopic (exact) mass is 336 g/mol. The second kappa shape index (κ2) is 6.19. The third kappa shape index (κ3) is 3.62. The largest absolute Gasteiger partial charge is 0.440 e. The zero-order valence-electron chi connectivity index (χ0n) is 12.1. The molecule has 0 spiro atoms. The Labute approximate surface area is 133 Å². The Morgan fingerprint density at radius 3 is 2.67 bits per heavy atom. The predicted molar refractivity (Wildman–Crippen MR) is 79.9 cm³/mol. The molecule has 124 valence electrons. The summed E-state index contributed by atoms with van der Waals surface area (Å²) in [5.41, 5.74) is 1.88. The third-order valence-electron chi connectivity index (χ3n) is 3.06. The average Bonchev–Trinajstić information content (AvgIpc) is 2.97. The van der Waals surface area contributed by atoms with Gasteiger partial charge >= 0.3 is 12.3 Å². The normalized spacial score (nSPS) is 11.5. The number of hydrogen-bond acceptors (Lipinski definition) is 4. The van der Waals surface area contributed by atoms with Gasteiger partial charge in [-0.1, -0.05) is 12.1 Å². The highest BCUT2D eigenvalue weighted by molar-refractivity contribution is 5.84. The van der Waals surface area contributed by atoms with Gasteiger partial charge in [-0.3, -0.25) is 9.88 Å². The van der Waals surface area contributed by atoms with Crippen molar-refractivity contribution in [2.45, 2.75) is 6.18 Å². The minimum absolute atomic E-state index is 0.218. The van der Waals surface area contributed by atoms with E-state index in [1.54, 1.807) is 17.0 Å². The predicted octanol–water partition coefficient (Wildman–Crippen LogP) is 3.53. The first-order chi connectivity index (χ1) is 11.4. The molecule has 0 aliphatic heterocycles. The van der Waals surface area contributed by atoms with Crippen LogP contribution in [0.4, 0.5) is 23.7 Å². The molecule has 0 aliphatic rings. The SMILES string of the molecule is O=C(Nc1ccc(-n2cnc3ccccc32)nc1)OCC(F)(F)F. The molecule has 0 bridgehead atoms. The maximum absolute atomic E-state index is 12.0. The molecule has 0 atom stereocenters. The number of halogens is 3. The number of ether oxygens (including phenoxy) is 1. The Morgan fingerprint density at radius 2 is 1.96 bits per heavy atom. The summed E-state index contributed by atoms with van der Waals surface area (Å²) in [6.45, 7) is -1.65. The number of alkyl halides is 3. The summed E-state index contributed by atoms with van der Waals surface area (Å²) < 4.78 is 41.7. The fourth-order valence-electron chi connectivity index (χ4n) is 2.05. The van der Waals surface area contributed by atoms with Gasteiger partial charge in [0.1, 0.15) is 12.1 Å². The average molecular weight is 336 g/mol. The van der Waals surface area contributed by atoms with E-state index in [0.717, 1.165) is 11.0 Å². The summed E-state index contributed by atoms with van der Waals surface area (Å²) in [7, 11) is 0. The maximum Gasteiger partial charge on any atom is 0.422 e. The van der Waals surface area contributed by atoms with Crippen molar-refractivity contribution in [3.63, 3.8) is 0 Å². The summed E-state index contributed by atoms with van der Waals surface area (Å²) in [4.78, 5) is 19.7. The summed E-state index contributed by atoms with van der Waals surface area (Å²) >= 11 is 0. The summed E-state index contributed by atoms with van der Waals surface area (Å²) in [6.07, 6.45) is -2.84. The van der Waals surface area contributed by atoms with Crippen LogP contribution in [0.15, 0.2) is 48.9 Å². The molecule has 2 aromatic heterocycles. The van der Waals surface area contributed by atoms with Gasteiger partial charge < -0.3 is 4.74 Å². The van der Waals surface area contributed by atoms with Gasteiger partial charge in [-0.05, 0) is 24.3 Å². The minimum atomic E-state index is -4.57. The third-order valence-corrected chi connectivity index (χ3v) is 3.06. The van der Waals surface area contributed by atoms with Crippen molar-refractivity contribution in [3.05, 3.63) is 48.9 Å². The fraction of sp³-hybridized carbons (Fsp3) is 0.133. The lowest BCUT2D eigenvalue weighted by molar-refractivity contribution is -0.159. The van der Waals surface area contributed by atoms with Gasteiger partial charge in [-0.2, -0.15) is 13.2 Å². The van der Waals surface area contributed by atoms with Crippen molar-refractivity contribution in [1.29, 1.82) is 0 Å². The van der Waals surface area contributed by atoms with Crippen LogP contribution in [0.5, 0.6) is 0 Å². The van der Waals surface area contributed by atoms with Crippen LogP contribution in [-0.4, -0.2) is 33.4 Å². The van der Waals surface area contributed by atoms with Crippen molar-refractivity contribution < 1.29 is 22.7 Å². The topological polar surface area (TPSA) is 69.0 Å². The number of benzene rings is 1. The van der Waals surface area contributed by atoms with Crippen LogP contribution in [0, 0.1) is 0 Å². The zero-order valence-corrected chi connectivity index (χ0v) is 12.1. The van der Waals surface area contributed by atoms with E-state index in [1.807, 2.05) is 24.3 Å². The van der Waals surface area contributed by atoms with Crippen molar-refractivity contribution in [1.82, 2.24) is 14.5 Å². The highest BCUT2D eigenvalue weighted by Gasteiger charge is 2.29. The number of nitrogens with one attached hydrogen (secondary N) is 1. The van der Waals surface area contributed by atoms with E-state index in [0.29, 0.717) is 5.82 Å². The van der Waals surface area contributed by atoms with Crippen LogP contribution in [0.25, 0.3) is 16.9 Å². The second-order valence-electron chi connectivity index (χ2n) is 4.82. The molecular formula is C15H11F3N4O2. The molecule has 0 saturated carbocycles. The van der Waals surface area contributed by atoms with Crippen LogP contribution in [0.1, 0.15) is 0 Å². The molecule has 0 fully saturated rings. The van der Waals surface area contributed by atoms with Crippen LogP contribution >= 0.6 is 0 Å². The summed E-state index contributed by atoms with van der Waals surface area (Å²) in [6, 6.07) is 10.6. The highest BCUT2D eigenvalue weighted by atomic mass is 19.4. The molecule has 1 aromatic carbocycles. The van der Waals surface area contributed by atoms with Crippen LogP contribution in [-0.2, 0) is 4.74 Å². The van der Waals surface area contributed by atoms with Gasteiger partial charge in [0, 0.05) is 0 Å². The van der Waals surface area contributed by atoms with Gasteiger partial charge in [-0.25, -0.2) is 14.8 Å². The van der Waals surface area contributed by atoms with E-state index in [-0.39, 0.29) is 5.69 Å². The van der Waals surface area contributed by atoms with E-state index < -0.39 is 18.9 Å². The number of para-hydroxylation sites is 2. The maximum atomic E-state index is 12.0. The second-order valence-corrected chi connectivity index (χ2v) is 4.82. The zero-order chi connectivity index (χ0) is 17.2. The van der Waals surface area contributed by atoms with Gasteiger partial charge in [0.2, 0.25) is 0 Å². The van der Waals surface area contributed by atoms with Gasteiger partial charge in [0.25, 0.3) is 0 Å². The number of hydrogen-bond donors (Lipinski definition) is 1. The molecule has 0 aliphatic carbocycles. The van der Waals surface area contributed by atoms with Crippen LogP contribution < -0.4 is 5.32 Å². The number of nitrogens with zero attached hydrogens (tertiary/aromatic N) is 3. The van der Waals surface area contributed by atoms with E-state index >= 15 is 0 Å². The van der Waals surface area contributed by atoms with Gasteiger partial charge in [0.15, 0.2) is 6.61 Å². The number of anilines is 1. The molecule has 1 N–H and O–H groups in total. The number of amides is 1. The first-order valence-corrected chi connectivity index (χ1v) is 6.81. The number of carbonyl (C=O) groups excluding carboxylic acids is 1. The molecule has 24 heavy (non-hydrogen) atoms. The first kappa shape index (κ1) is 15.8. The highest BCUT2D eigenvalue weighted by Crippen LogP contribution is 2.18. The molecule has 0 saturated heterocycles. The number of carbonyl (C=O) groups is 1. The number of fused-ring (bicyclic) bond motifs is 1. The summed E-state index contributed by atoms with van der Waals surface area (Å²) in [5, 5.41) is 2.18. The molecule has 6 nitrogen and oxygen atoms in total. The summed E-state index contributed by atoms with van der Waals surface area (Å²) in [5.74, 6) is 0.554. The quantitative estimate of drug-likeness (QED) is 0.794. The standard InChI is InChI=1S/C15H11F3N4O2/c16-15(17,18)8-24-14(23)21-10-5-6-13(19-7-10)22-9-20-11-3-1-2-4-12(11)22/h1-7,9H,8H2,(H,21,23). The first-order valence-electron chi connectivity index (χ1n) is 6.81. The van der Waals surface area contributed by atoms with Gasteiger partial charge in [0.05, 0.1) is 22.9 Å². The molecule has 1 amide bonds. The lowest BCUT2D eigenvalue weighted by Crippen LogP contribution is -2.23. The van der Waals surface area contributed by atoms with E-state index in [1.165, 1.54) is 12.3 Å². The van der Waals surface area contributed by atoms with E-state index in [4.69, 9.17) is 0 Å². The number of aromatic nitrogens is 3. The molecule has 0 radical (unpaired) electrons. The van der Waals surface area contributed by atoms with E-state index in [9.17, 15) is 18.0 Å². The van der Waals surface area contributed by atoms with Crippen LogP contribution in [0.2, 0.25) is 0 Å². The lowest BCUT2D eigenvalue weighted by Gasteiger charge is -2.09. The Hall–Kier alpha value is -3.10. The van der Waals surface area contributed by atoms with E-state index in [2.05, 4.69) is 20.0 Å². The van der Waals surface area contributed by atoms with Crippen molar-refractivity contribution in [3.8, 4) is 5.82 Å². The fourth-order valence-corrected chi connectivity index (χ4v) is 2.05. The Bertz CT molecular complexity index is 859. The molecule has 2 heterocycles. The minimum Gasteiger partial charge on any atom is -0.440 e. The van der Waals surface area contributed by atoms with Crippen LogP contribution in [0.3, 0.4) is 0 Å². The Kier molecular flexibility index (Phi) is 4.07. The smallest absolute Gasteiger partial charge is 0.422 e.